The van der Waals surface area contributed by atoms with E-state index in [4.69, 9.17) is 0 Å². The van der Waals surface area contributed by atoms with Crippen molar-refractivity contribution in [2.75, 3.05) is 7.05 Å². The third-order valence-electron chi connectivity index (χ3n) is 4.90. The molecule has 1 aromatic carbocycles. The molecule has 4 rings (SSSR count). The zero-order valence-corrected chi connectivity index (χ0v) is 15.8. The molecular weight excluding hydrogens is 346 g/mol. The highest BCUT2D eigenvalue weighted by molar-refractivity contribution is 7.07. The summed E-state index contributed by atoms with van der Waals surface area (Å²) in [5, 5.41) is 4.12. The van der Waals surface area contributed by atoms with Gasteiger partial charge < -0.3 is 9.47 Å². The second-order valence-electron chi connectivity index (χ2n) is 6.86. The normalized spacial score (nSPS) is 19.9. The second-order valence-corrected chi connectivity index (χ2v) is 7.64. The number of fused-ring (bicyclic) bond motifs is 1. The van der Waals surface area contributed by atoms with Crippen LogP contribution in [-0.2, 0) is 17.9 Å². The predicted octanol–water partition coefficient (Wildman–Crippen LogP) is 2.30. The number of nitrogens with one attached hydrogen (secondary N) is 2. The smallest absolute Gasteiger partial charge is 0.241 e. The number of aryl methyl sites for hydroxylation is 1. The Bertz CT molecular complexity index is 904. The van der Waals surface area contributed by atoms with E-state index in [-0.39, 0.29) is 18.0 Å². The maximum atomic E-state index is 12.7. The fourth-order valence-corrected chi connectivity index (χ4v) is 4.21. The van der Waals surface area contributed by atoms with Crippen LogP contribution >= 0.6 is 11.3 Å². The van der Waals surface area contributed by atoms with E-state index in [1.165, 1.54) is 5.56 Å². The molecular formula is C19H23N5OS. The summed E-state index contributed by atoms with van der Waals surface area (Å²) in [4.78, 5) is 19.1. The summed E-state index contributed by atoms with van der Waals surface area (Å²) in [5.74, 6) is 1.12. The lowest BCUT2D eigenvalue weighted by Gasteiger charge is -2.20. The topological polar surface area (TPSA) is 62.2 Å². The van der Waals surface area contributed by atoms with Gasteiger partial charge in [-0.3, -0.25) is 10.2 Å². The predicted molar refractivity (Wildman–Crippen MR) is 104 cm³/mol. The lowest BCUT2D eigenvalue weighted by molar-refractivity contribution is -0.132. The number of imidazole rings is 1. The standard InChI is InChI=1S/C19H23N5OS/c1-13-20-16-5-3-4-6-18(16)24(13)11-15-9-17(22-21-15)19(25)23(2)10-14-7-8-26-12-14/h3-8,12,15,17,21-22H,9-11H2,1-2H3. The fraction of sp³-hybridized carbons (Fsp3) is 0.368. The molecule has 6 nitrogen and oxygen atoms in total. The van der Waals surface area contributed by atoms with Crippen molar-refractivity contribution in [1.82, 2.24) is 25.3 Å². The summed E-state index contributed by atoms with van der Waals surface area (Å²) in [6, 6.07) is 10.2. The Hall–Kier alpha value is -2.22. The number of carbonyl (C=O) groups excluding carboxylic acids is 1. The number of para-hydroxylation sites is 2. The Balaban J connectivity index is 1.40. The number of nitrogens with zero attached hydrogens (tertiary/aromatic N) is 3. The van der Waals surface area contributed by atoms with Gasteiger partial charge in [0.15, 0.2) is 0 Å². The minimum Gasteiger partial charge on any atom is -0.340 e. The number of benzene rings is 1. The van der Waals surface area contributed by atoms with Gasteiger partial charge in [0, 0.05) is 26.2 Å². The molecule has 26 heavy (non-hydrogen) atoms. The van der Waals surface area contributed by atoms with Crippen LogP contribution in [0.15, 0.2) is 41.1 Å². The van der Waals surface area contributed by atoms with Crippen LogP contribution in [0, 0.1) is 6.92 Å². The van der Waals surface area contributed by atoms with Crippen molar-refractivity contribution in [3.8, 4) is 0 Å². The van der Waals surface area contributed by atoms with Gasteiger partial charge in [-0.05, 0) is 47.9 Å². The summed E-state index contributed by atoms with van der Waals surface area (Å²) in [5.41, 5.74) is 9.79. The molecule has 1 aliphatic rings. The van der Waals surface area contributed by atoms with Crippen LogP contribution in [0.1, 0.15) is 17.8 Å². The number of carbonyl (C=O) groups is 1. The first-order valence-electron chi connectivity index (χ1n) is 8.81. The van der Waals surface area contributed by atoms with E-state index < -0.39 is 0 Å². The summed E-state index contributed by atoms with van der Waals surface area (Å²) in [6.45, 7) is 3.47. The molecule has 0 saturated carbocycles. The summed E-state index contributed by atoms with van der Waals surface area (Å²) < 4.78 is 2.22. The van der Waals surface area contributed by atoms with Crippen molar-refractivity contribution in [2.24, 2.45) is 0 Å². The Labute approximate surface area is 156 Å². The highest BCUT2D eigenvalue weighted by Gasteiger charge is 2.31. The minimum atomic E-state index is -0.196. The minimum absolute atomic E-state index is 0.124. The highest BCUT2D eigenvalue weighted by Crippen LogP contribution is 2.19. The monoisotopic (exact) mass is 369 g/mol. The average Bonchev–Trinajstić information content (AvgIpc) is 3.36. The maximum absolute atomic E-state index is 12.7. The van der Waals surface area contributed by atoms with E-state index in [2.05, 4.69) is 37.9 Å². The molecule has 0 spiro atoms. The quantitative estimate of drug-likeness (QED) is 0.724. The molecule has 7 heteroatoms. The summed E-state index contributed by atoms with van der Waals surface area (Å²) in [7, 11) is 1.86. The molecule has 1 aliphatic heterocycles. The molecule has 1 saturated heterocycles. The lowest BCUT2D eigenvalue weighted by Crippen LogP contribution is -2.44. The van der Waals surface area contributed by atoms with E-state index >= 15 is 0 Å². The van der Waals surface area contributed by atoms with E-state index in [0.717, 1.165) is 29.8 Å². The van der Waals surface area contributed by atoms with Gasteiger partial charge in [0.25, 0.3) is 0 Å². The Morgan fingerprint density at radius 1 is 1.35 bits per heavy atom. The SMILES string of the molecule is Cc1nc2ccccc2n1CC1CC(C(=O)N(C)Cc2ccsc2)NN1. The molecule has 2 aromatic heterocycles. The molecule has 2 N–H and O–H groups in total. The van der Waals surface area contributed by atoms with E-state index in [1.807, 2.05) is 37.6 Å². The van der Waals surface area contributed by atoms with Crippen LogP contribution in [0.4, 0.5) is 0 Å². The lowest BCUT2D eigenvalue weighted by atomic mass is 10.1. The fourth-order valence-electron chi connectivity index (χ4n) is 3.55. The van der Waals surface area contributed by atoms with Gasteiger partial charge in [0.05, 0.1) is 11.0 Å². The number of hydrazine groups is 1. The Kier molecular flexibility index (Phi) is 4.76. The Morgan fingerprint density at radius 3 is 3.00 bits per heavy atom. The van der Waals surface area contributed by atoms with Crippen molar-refractivity contribution >= 4 is 28.3 Å². The first kappa shape index (κ1) is 17.2. The zero-order chi connectivity index (χ0) is 18.1. The number of hydrogen-bond donors (Lipinski definition) is 2. The van der Waals surface area contributed by atoms with Crippen LogP contribution in [0.2, 0.25) is 0 Å². The second kappa shape index (κ2) is 7.19. The third-order valence-corrected chi connectivity index (χ3v) is 5.64. The third kappa shape index (κ3) is 3.38. The molecule has 2 atom stereocenters. The summed E-state index contributed by atoms with van der Waals surface area (Å²) in [6.07, 6.45) is 0.763. The first-order valence-corrected chi connectivity index (χ1v) is 9.75. The van der Waals surface area contributed by atoms with Crippen molar-refractivity contribution < 1.29 is 4.79 Å². The molecule has 0 bridgehead atoms. The van der Waals surface area contributed by atoms with Crippen molar-refractivity contribution in [3.05, 3.63) is 52.5 Å². The van der Waals surface area contributed by atoms with Gasteiger partial charge in [-0.15, -0.1) is 0 Å². The molecule has 2 unspecified atom stereocenters. The van der Waals surface area contributed by atoms with Gasteiger partial charge in [-0.1, -0.05) is 12.1 Å². The molecule has 0 radical (unpaired) electrons. The first-order chi connectivity index (χ1) is 12.6. The van der Waals surface area contributed by atoms with E-state index in [0.29, 0.717) is 6.54 Å². The van der Waals surface area contributed by atoms with Crippen molar-refractivity contribution in [2.45, 2.75) is 38.5 Å². The number of hydrogen-bond acceptors (Lipinski definition) is 5. The highest BCUT2D eigenvalue weighted by atomic mass is 32.1. The number of rotatable bonds is 5. The molecule has 136 valence electrons. The molecule has 3 heterocycles. The zero-order valence-electron chi connectivity index (χ0n) is 15.0. The van der Waals surface area contributed by atoms with Crippen LogP contribution in [0.3, 0.4) is 0 Å². The van der Waals surface area contributed by atoms with E-state index in [1.54, 1.807) is 16.2 Å². The summed E-state index contributed by atoms with van der Waals surface area (Å²) >= 11 is 1.66. The van der Waals surface area contributed by atoms with Gasteiger partial charge in [-0.25, -0.2) is 10.4 Å². The van der Waals surface area contributed by atoms with Crippen LogP contribution in [-0.4, -0.2) is 39.5 Å². The van der Waals surface area contributed by atoms with Crippen LogP contribution in [0.25, 0.3) is 11.0 Å². The average molecular weight is 369 g/mol. The number of aromatic nitrogens is 2. The maximum Gasteiger partial charge on any atom is 0.241 e. The number of likely N-dealkylation sites (N-methyl/N-ethyl adjacent to an activating group) is 1. The van der Waals surface area contributed by atoms with Gasteiger partial charge in [-0.2, -0.15) is 11.3 Å². The van der Waals surface area contributed by atoms with Gasteiger partial charge in [0.2, 0.25) is 5.91 Å². The van der Waals surface area contributed by atoms with Crippen molar-refractivity contribution in [3.63, 3.8) is 0 Å². The Morgan fingerprint density at radius 2 is 2.19 bits per heavy atom. The molecule has 1 fully saturated rings. The molecule has 3 aromatic rings. The van der Waals surface area contributed by atoms with Crippen LogP contribution in [0.5, 0.6) is 0 Å². The van der Waals surface area contributed by atoms with Gasteiger partial charge in [0.1, 0.15) is 11.9 Å². The number of amides is 1. The van der Waals surface area contributed by atoms with Gasteiger partial charge >= 0.3 is 0 Å². The number of thiophene rings is 1. The molecule has 1 amide bonds. The van der Waals surface area contributed by atoms with Crippen molar-refractivity contribution in [1.29, 1.82) is 0 Å². The largest absolute Gasteiger partial charge is 0.340 e. The van der Waals surface area contributed by atoms with Crippen LogP contribution < -0.4 is 10.9 Å². The molecule has 0 aliphatic carbocycles. The van der Waals surface area contributed by atoms with E-state index in [9.17, 15) is 4.79 Å².